The van der Waals surface area contributed by atoms with Crippen molar-refractivity contribution in [3.8, 4) is 28.7 Å². The van der Waals surface area contributed by atoms with Crippen molar-refractivity contribution in [3.63, 3.8) is 0 Å². The molecule has 1 saturated heterocycles. The second-order valence-corrected chi connectivity index (χ2v) is 16.4. The van der Waals surface area contributed by atoms with E-state index in [0.29, 0.717) is 47.0 Å². The van der Waals surface area contributed by atoms with E-state index >= 15 is 0 Å². The topological polar surface area (TPSA) is 295 Å². The lowest BCUT2D eigenvalue weighted by Gasteiger charge is -2.52. The van der Waals surface area contributed by atoms with Gasteiger partial charge in [-0.3, -0.25) is 19.5 Å². The van der Waals surface area contributed by atoms with Crippen LogP contribution in [-0.2, 0) is 32.0 Å². The first-order valence-corrected chi connectivity index (χ1v) is 21.0. The van der Waals surface area contributed by atoms with Crippen molar-refractivity contribution in [2.45, 2.75) is 80.0 Å². The van der Waals surface area contributed by atoms with Crippen molar-refractivity contribution >= 4 is 18.2 Å². The van der Waals surface area contributed by atoms with Crippen LogP contribution in [0.5, 0.6) is 28.7 Å². The maximum absolute atomic E-state index is 12.7. The molecule has 6 aliphatic rings. The first kappa shape index (κ1) is 44.1. The highest BCUT2D eigenvalue weighted by molar-refractivity contribution is 5.90. The average molecular weight is 902 g/mol. The number of aliphatic hydroxyl groups excluding tert-OH is 6. The second-order valence-electron chi connectivity index (χ2n) is 16.4. The molecule has 0 saturated carbocycles. The van der Waals surface area contributed by atoms with Gasteiger partial charge in [0.05, 0.1) is 12.5 Å². The number of allylic oxidation sites excluding steroid dienone is 1. The van der Waals surface area contributed by atoms with Crippen LogP contribution in [0.25, 0.3) is 0 Å². The zero-order valence-corrected chi connectivity index (χ0v) is 34.7. The maximum Gasteiger partial charge on any atom is 0.317 e. The van der Waals surface area contributed by atoms with Crippen LogP contribution < -0.4 is 39.6 Å². The summed E-state index contributed by atoms with van der Waals surface area (Å²) in [5.74, 6) is -1.99. The van der Waals surface area contributed by atoms with E-state index in [4.69, 9.17) is 38.9 Å². The summed E-state index contributed by atoms with van der Waals surface area (Å²) in [6.45, 7) is -0.611. The Balaban J connectivity index is 1.15. The maximum atomic E-state index is 12.7. The molecule has 6 aliphatic heterocycles. The molecule has 1 fully saturated rings. The van der Waals surface area contributed by atoms with Gasteiger partial charge in [-0.05, 0) is 36.0 Å². The molecule has 11 N–H and O–H groups in total. The molecule has 65 heavy (non-hydrogen) atoms. The molecule has 0 aliphatic carbocycles. The van der Waals surface area contributed by atoms with E-state index in [1.54, 1.807) is 24.4 Å². The number of aliphatic carboxylic acids is 1. The number of quaternary nitrogens is 1. The van der Waals surface area contributed by atoms with E-state index in [2.05, 4.69) is 10.3 Å². The highest BCUT2D eigenvalue weighted by Gasteiger charge is 2.61. The molecule has 11 atom stereocenters. The summed E-state index contributed by atoms with van der Waals surface area (Å²) in [5, 5.41) is 76.3. The number of fused-ring (bicyclic) bond motifs is 6. The molecule has 3 aromatic carbocycles. The Morgan fingerprint density at radius 3 is 2.58 bits per heavy atom. The van der Waals surface area contributed by atoms with E-state index in [1.165, 1.54) is 12.3 Å². The molecular formula is C45H49N4O16+. The Morgan fingerprint density at radius 2 is 1.83 bits per heavy atom. The Bertz CT molecular complexity index is 2450. The molecule has 344 valence electrons. The Hall–Kier alpha value is -6.07. The number of carbonyl (C=O) groups excluding carboxylic acids is 1. The molecule has 0 amide bonds. The standard InChI is InChI=1S/C45H48N4O16/c46-43-42(63-32(55)17-31(53)54)45(9-11-48-43)41(58)36(56)37(57)44(65-45)61-25-15-24(19-49-18-23-8-10-47-35(23)27(49)20-51)33-30(16-25)62-29(14-22-4-2-1-3-5-22)34-26-6-7-28(60-21-52)39(59-13-12-50)38(26)64-40(33)34/h1-11,15-16,29,34,36-37,40-44,48,50-52,56-58H,12-14,17-21,46H2,(H,53,54)/p+1. The molecule has 9 rings (SSSR count). The molecule has 0 aromatic heterocycles. The Labute approximate surface area is 371 Å². The van der Waals surface area contributed by atoms with Crippen molar-refractivity contribution in [3.05, 3.63) is 112 Å². The van der Waals surface area contributed by atoms with Crippen LogP contribution >= 0.6 is 0 Å². The quantitative estimate of drug-likeness (QED) is 0.0475. The van der Waals surface area contributed by atoms with Gasteiger partial charge in [-0.1, -0.05) is 36.4 Å². The zero-order valence-electron chi connectivity index (χ0n) is 34.7. The van der Waals surface area contributed by atoms with Gasteiger partial charge in [-0.2, -0.15) is 0 Å². The normalized spacial score (nSPS) is 30.3. The predicted molar refractivity (Wildman–Crippen MR) is 223 cm³/mol. The van der Waals surface area contributed by atoms with Crippen LogP contribution in [-0.4, -0.2) is 136 Å². The molecule has 0 radical (unpaired) electrons. The van der Waals surface area contributed by atoms with Crippen LogP contribution in [0, 0.1) is 0 Å². The number of aliphatic imine (C=N–C) groups is 1. The summed E-state index contributed by atoms with van der Waals surface area (Å²) in [6.07, 6.45) is -6.22. The highest BCUT2D eigenvalue weighted by atomic mass is 16.7. The lowest BCUT2D eigenvalue weighted by Crippen LogP contribution is -3.08. The third kappa shape index (κ3) is 8.06. The summed E-state index contributed by atoms with van der Waals surface area (Å²) in [5.41, 5.74) is 9.35. The monoisotopic (exact) mass is 901 g/mol. The number of carbonyl (C=O) groups is 2. The predicted octanol–water partition coefficient (Wildman–Crippen LogP) is -1.43. The minimum atomic E-state index is -2.14. The fourth-order valence-electron chi connectivity index (χ4n) is 9.60. The number of benzene rings is 3. The van der Waals surface area contributed by atoms with Gasteiger partial charge in [0.15, 0.2) is 35.7 Å². The van der Waals surface area contributed by atoms with Gasteiger partial charge < -0.3 is 80.0 Å². The summed E-state index contributed by atoms with van der Waals surface area (Å²) in [7, 11) is 0. The first-order chi connectivity index (χ1) is 31.4. The number of hydrogen-bond donors (Lipinski definition) is 10. The molecule has 1 spiro atoms. The van der Waals surface area contributed by atoms with E-state index in [-0.39, 0.29) is 43.6 Å². The van der Waals surface area contributed by atoms with E-state index in [0.717, 1.165) is 21.6 Å². The lowest BCUT2D eigenvalue weighted by atomic mass is 9.79. The number of hydrogen-bond acceptors (Lipinski definition) is 18. The number of nitrogens with zero attached hydrogens (tertiary/aromatic N) is 1. The molecular weight excluding hydrogens is 853 g/mol. The van der Waals surface area contributed by atoms with Crippen LogP contribution in [0.3, 0.4) is 0 Å². The van der Waals surface area contributed by atoms with Gasteiger partial charge in [0, 0.05) is 41.0 Å². The minimum absolute atomic E-state index is 0.0791. The van der Waals surface area contributed by atoms with Crippen molar-refractivity contribution < 1.29 is 83.4 Å². The van der Waals surface area contributed by atoms with E-state index in [9.17, 15) is 45.3 Å². The smallest absolute Gasteiger partial charge is 0.317 e. The highest BCUT2D eigenvalue weighted by Crippen LogP contribution is 2.59. The number of ether oxygens (including phenoxy) is 7. The number of nitrogens with one attached hydrogen (secondary N) is 2. The number of esters is 1. The van der Waals surface area contributed by atoms with Crippen molar-refractivity contribution in [1.82, 2.24) is 5.32 Å². The van der Waals surface area contributed by atoms with Crippen LogP contribution in [0.4, 0.5) is 0 Å². The molecule has 6 heterocycles. The summed E-state index contributed by atoms with van der Waals surface area (Å²) in [4.78, 5) is 29.4. The fraction of sp³-hybridized carbons (Fsp3) is 0.400. The third-order valence-corrected chi connectivity index (χ3v) is 12.4. The average Bonchev–Trinajstić information content (AvgIpc) is 3.99. The zero-order chi connectivity index (χ0) is 45.6. The van der Waals surface area contributed by atoms with Gasteiger partial charge in [0.25, 0.3) is 0 Å². The second kappa shape index (κ2) is 18.1. The van der Waals surface area contributed by atoms with E-state index in [1.807, 2.05) is 42.5 Å². The number of nitrogens with two attached hydrogens (primary N) is 1. The van der Waals surface area contributed by atoms with E-state index < -0.39 is 85.8 Å². The first-order valence-electron chi connectivity index (χ1n) is 21.0. The summed E-state index contributed by atoms with van der Waals surface area (Å²) in [6, 6.07) is 16.5. The van der Waals surface area contributed by atoms with Gasteiger partial charge in [-0.15, -0.1) is 0 Å². The third-order valence-electron chi connectivity index (χ3n) is 12.4. The Morgan fingerprint density at radius 1 is 1.02 bits per heavy atom. The van der Waals surface area contributed by atoms with Gasteiger partial charge in [-0.25, -0.2) is 0 Å². The van der Waals surface area contributed by atoms with Crippen LogP contribution in [0.2, 0.25) is 0 Å². The SMILES string of the molecule is NC1NC=CC2(OC(Oc3cc(C[NH+]4CC5=CC=NC5=C4CO)c4c(c3)OC(Cc3ccccc3)C3c5ccc(OCO)c(OCCO)c5OC43)C(O)C(O)C2O)C1OC(=O)CC(=O)O. The fourth-order valence-corrected chi connectivity index (χ4v) is 9.60. The van der Waals surface area contributed by atoms with Crippen molar-refractivity contribution in [1.29, 1.82) is 0 Å². The van der Waals surface area contributed by atoms with Gasteiger partial charge in [0.1, 0.15) is 86.6 Å². The van der Waals surface area contributed by atoms with Crippen molar-refractivity contribution in [2.24, 2.45) is 10.7 Å². The molecule has 0 bridgehead atoms. The number of rotatable bonds is 15. The van der Waals surface area contributed by atoms with Crippen LogP contribution in [0.15, 0.2) is 94.9 Å². The lowest BCUT2D eigenvalue weighted by molar-refractivity contribution is -0.867. The summed E-state index contributed by atoms with van der Waals surface area (Å²) >= 11 is 0. The molecule has 20 nitrogen and oxygen atoms in total. The largest absolute Gasteiger partial charge is 0.489 e. The molecule has 3 aromatic rings. The number of aliphatic hydroxyl groups is 6. The minimum Gasteiger partial charge on any atom is -0.489 e. The molecule has 11 unspecified atom stereocenters. The number of carboxylic acids is 1. The van der Waals surface area contributed by atoms with Gasteiger partial charge >= 0.3 is 11.9 Å². The van der Waals surface area contributed by atoms with Crippen LogP contribution in [0.1, 0.15) is 40.7 Å². The number of carboxylic acid groups (broad SMARTS) is 1. The summed E-state index contributed by atoms with van der Waals surface area (Å²) < 4.78 is 43.6. The Kier molecular flexibility index (Phi) is 12.3. The molecule has 20 heteroatoms. The van der Waals surface area contributed by atoms with Gasteiger partial charge in [0.2, 0.25) is 12.0 Å². The van der Waals surface area contributed by atoms with Crippen molar-refractivity contribution in [2.75, 3.05) is 33.2 Å².